The number of nitrogens with two attached hydrogens (primary N) is 1. The molecule has 0 saturated heterocycles. The zero-order chi connectivity index (χ0) is 20.3. The van der Waals surface area contributed by atoms with Crippen molar-refractivity contribution in [2.45, 2.75) is 20.3 Å². The lowest BCUT2D eigenvalue weighted by Crippen LogP contribution is -2.21. The zero-order valence-electron chi connectivity index (χ0n) is 15.6. The normalized spacial score (nSPS) is 10.6. The van der Waals surface area contributed by atoms with Crippen LogP contribution < -0.4 is 11.1 Å². The van der Waals surface area contributed by atoms with E-state index >= 15 is 0 Å². The molecule has 3 N–H and O–H groups in total. The molecule has 7 nitrogen and oxygen atoms in total. The van der Waals surface area contributed by atoms with Gasteiger partial charge in [-0.2, -0.15) is 0 Å². The van der Waals surface area contributed by atoms with Crippen molar-refractivity contribution in [2.75, 3.05) is 11.9 Å². The first-order valence-corrected chi connectivity index (χ1v) is 8.67. The van der Waals surface area contributed by atoms with Gasteiger partial charge in [0.1, 0.15) is 5.58 Å². The average molecular weight is 380 g/mol. The maximum absolute atomic E-state index is 12.1. The van der Waals surface area contributed by atoms with Crippen molar-refractivity contribution in [3.63, 3.8) is 0 Å². The maximum Gasteiger partial charge on any atom is 0.310 e. The molecule has 3 rings (SSSR count). The summed E-state index contributed by atoms with van der Waals surface area (Å²) in [5.41, 5.74) is 9.56. The van der Waals surface area contributed by atoms with Crippen molar-refractivity contribution in [1.29, 1.82) is 0 Å². The summed E-state index contributed by atoms with van der Waals surface area (Å²) >= 11 is 0. The molecule has 2 amide bonds. The Kier molecular flexibility index (Phi) is 5.44. The number of esters is 1. The van der Waals surface area contributed by atoms with Gasteiger partial charge in [0.15, 0.2) is 6.61 Å². The molecule has 0 atom stereocenters. The molecule has 7 heteroatoms. The first kappa shape index (κ1) is 19.2. The van der Waals surface area contributed by atoms with Crippen LogP contribution >= 0.6 is 0 Å². The summed E-state index contributed by atoms with van der Waals surface area (Å²) in [6.45, 7) is 3.54. The predicted octanol–water partition coefficient (Wildman–Crippen LogP) is 2.87. The number of hydrogen-bond acceptors (Lipinski definition) is 5. The molecule has 0 saturated carbocycles. The number of rotatable bonds is 6. The largest absolute Gasteiger partial charge is 0.464 e. The van der Waals surface area contributed by atoms with Crippen LogP contribution in [0.2, 0.25) is 0 Å². The van der Waals surface area contributed by atoms with E-state index in [0.717, 1.165) is 22.1 Å². The monoisotopic (exact) mass is 380 g/mol. The number of ether oxygens (including phenoxy) is 1. The zero-order valence-corrected chi connectivity index (χ0v) is 15.6. The fraction of sp³-hybridized carbons (Fsp3) is 0.190. The van der Waals surface area contributed by atoms with E-state index in [9.17, 15) is 14.4 Å². The molecule has 1 aromatic heterocycles. The minimum atomic E-state index is -0.552. The van der Waals surface area contributed by atoms with Gasteiger partial charge in [-0.25, -0.2) is 0 Å². The van der Waals surface area contributed by atoms with Crippen LogP contribution in [-0.4, -0.2) is 24.4 Å². The Labute approximate surface area is 161 Å². The number of furan rings is 1. The van der Waals surface area contributed by atoms with Crippen molar-refractivity contribution < 1.29 is 23.5 Å². The van der Waals surface area contributed by atoms with Gasteiger partial charge >= 0.3 is 5.97 Å². The van der Waals surface area contributed by atoms with E-state index in [1.54, 1.807) is 18.4 Å². The molecule has 2 aromatic carbocycles. The van der Waals surface area contributed by atoms with Crippen molar-refractivity contribution in [2.24, 2.45) is 5.73 Å². The number of anilines is 1. The number of fused-ring (bicyclic) bond motifs is 1. The van der Waals surface area contributed by atoms with Gasteiger partial charge in [0.05, 0.1) is 12.7 Å². The van der Waals surface area contributed by atoms with E-state index in [4.69, 9.17) is 14.9 Å². The summed E-state index contributed by atoms with van der Waals surface area (Å²) in [6, 6.07) is 9.96. The molecule has 0 spiro atoms. The molecule has 0 unspecified atom stereocenters. The second kappa shape index (κ2) is 7.96. The topological polar surface area (TPSA) is 112 Å². The molecule has 0 bridgehead atoms. The summed E-state index contributed by atoms with van der Waals surface area (Å²) in [5.74, 6) is -1.56. The second-order valence-corrected chi connectivity index (χ2v) is 6.47. The minimum Gasteiger partial charge on any atom is -0.464 e. The number of primary amides is 1. The Hall–Kier alpha value is -3.61. The number of aryl methyl sites for hydroxylation is 2. The van der Waals surface area contributed by atoms with Crippen LogP contribution in [0.15, 0.2) is 47.1 Å². The molecule has 0 fully saturated rings. The third-order valence-electron chi connectivity index (χ3n) is 4.49. The molecule has 0 radical (unpaired) electrons. The highest BCUT2D eigenvalue weighted by atomic mass is 16.5. The van der Waals surface area contributed by atoms with E-state index in [1.165, 1.54) is 12.1 Å². The van der Waals surface area contributed by atoms with E-state index in [1.807, 2.05) is 26.0 Å². The van der Waals surface area contributed by atoms with Gasteiger partial charge in [-0.15, -0.1) is 0 Å². The van der Waals surface area contributed by atoms with Gasteiger partial charge in [-0.05, 0) is 49.2 Å². The van der Waals surface area contributed by atoms with Crippen molar-refractivity contribution in [3.05, 3.63) is 64.9 Å². The van der Waals surface area contributed by atoms with Crippen molar-refractivity contribution in [1.82, 2.24) is 0 Å². The lowest BCUT2D eigenvalue weighted by Gasteiger charge is -2.07. The van der Waals surface area contributed by atoms with Gasteiger partial charge < -0.3 is 20.2 Å². The number of benzene rings is 2. The van der Waals surface area contributed by atoms with E-state index in [0.29, 0.717) is 16.8 Å². The molecule has 144 valence electrons. The highest BCUT2D eigenvalue weighted by molar-refractivity contribution is 5.95. The van der Waals surface area contributed by atoms with Gasteiger partial charge in [0.2, 0.25) is 5.91 Å². The fourth-order valence-corrected chi connectivity index (χ4v) is 2.79. The third kappa shape index (κ3) is 4.20. The molecular weight excluding hydrogens is 360 g/mol. The summed E-state index contributed by atoms with van der Waals surface area (Å²) in [5, 5.41) is 3.44. The lowest BCUT2D eigenvalue weighted by atomic mass is 10.0. The highest BCUT2D eigenvalue weighted by Crippen LogP contribution is 2.26. The molecule has 3 aromatic rings. The molecule has 0 aliphatic carbocycles. The summed E-state index contributed by atoms with van der Waals surface area (Å²) < 4.78 is 10.6. The quantitative estimate of drug-likeness (QED) is 0.639. The fourth-order valence-electron chi connectivity index (χ4n) is 2.79. The van der Waals surface area contributed by atoms with Gasteiger partial charge in [-0.3, -0.25) is 14.4 Å². The van der Waals surface area contributed by atoms with Crippen molar-refractivity contribution >= 4 is 34.4 Å². The van der Waals surface area contributed by atoms with Gasteiger partial charge in [-0.1, -0.05) is 12.1 Å². The molecule has 0 aliphatic rings. The molecule has 0 aliphatic heterocycles. The second-order valence-electron chi connectivity index (χ2n) is 6.47. The van der Waals surface area contributed by atoms with Crippen LogP contribution in [-0.2, 0) is 20.7 Å². The van der Waals surface area contributed by atoms with Crippen LogP contribution in [0.5, 0.6) is 0 Å². The number of amides is 2. The maximum atomic E-state index is 12.1. The minimum absolute atomic E-state index is 0.0100. The van der Waals surface area contributed by atoms with Crippen LogP contribution in [0.25, 0.3) is 11.0 Å². The first-order chi connectivity index (χ1) is 13.3. The van der Waals surface area contributed by atoms with Gasteiger partial charge in [0, 0.05) is 22.2 Å². The number of carbonyl (C=O) groups excluding carboxylic acids is 3. The predicted molar refractivity (Wildman–Crippen MR) is 104 cm³/mol. The first-order valence-electron chi connectivity index (χ1n) is 8.67. The van der Waals surface area contributed by atoms with E-state index < -0.39 is 24.4 Å². The highest BCUT2D eigenvalue weighted by Gasteiger charge is 2.15. The van der Waals surface area contributed by atoms with Crippen LogP contribution in [0.3, 0.4) is 0 Å². The Morgan fingerprint density at radius 3 is 2.46 bits per heavy atom. The third-order valence-corrected chi connectivity index (χ3v) is 4.49. The molecular formula is C21H20N2O5. The van der Waals surface area contributed by atoms with E-state index in [-0.39, 0.29) is 6.42 Å². The molecule has 1 heterocycles. The Morgan fingerprint density at radius 1 is 1.07 bits per heavy atom. The number of carbonyl (C=O) groups is 3. The van der Waals surface area contributed by atoms with Crippen LogP contribution in [0, 0.1) is 13.8 Å². The SMILES string of the molecule is Cc1ccc2c(CC(=O)OCC(=O)Nc3ccc(C(N)=O)cc3)coc2c1C. The van der Waals surface area contributed by atoms with E-state index in [2.05, 4.69) is 5.32 Å². The number of nitrogens with one attached hydrogen (secondary N) is 1. The summed E-state index contributed by atoms with van der Waals surface area (Å²) in [6.07, 6.45) is 1.55. The lowest BCUT2D eigenvalue weighted by molar-refractivity contribution is -0.146. The summed E-state index contributed by atoms with van der Waals surface area (Å²) in [4.78, 5) is 35.1. The smallest absolute Gasteiger partial charge is 0.310 e. The van der Waals surface area contributed by atoms with Crippen LogP contribution in [0.1, 0.15) is 27.0 Å². The standard InChI is InChI=1S/C21H20N2O5/c1-12-3-8-17-15(10-28-20(17)13(12)2)9-19(25)27-11-18(24)23-16-6-4-14(5-7-16)21(22)26/h3-8,10H,9,11H2,1-2H3,(H2,22,26)(H,23,24). The Balaban J connectivity index is 1.55. The molecule has 28 heavy (non-hydrogen) atoms. The van der Waals surface area contributed by atoms with Crippen LogP contribution in [0.4, 0.5) is 5.69 Å². The van der Waals surface area contributed by atoms with Crippen molar-refractivity contribution in [3.8, 4) is 0 Å². The number of hydrogen-bond donors (Lipinski definition) is 2. The van der Waals surface area contributed by atoms with Gasteiger partial charge in [0.25, 0.3) is 5.91 Å². The summed E-state index contributed by atoms with van der Waals surface area (Å²) in [7, 11) is 0. The Morgan fingerprint density at radius 2 is 1.79 bits per heavy atom. The average Bonchev–Trinajstić information content (AvgIpc) is 3.07. The Bertz CT molecular complexity index is 1050.